The molecule has 0 radical (unpaired) electrons. The summed E-state index contributed by atoms with van der Waals surface area (Å²) in [6.07, 6.45) is 2.06. The Morgan fingerprint density at radius 1 is 1.16 bits per heavy atom. The number of rotatable bonds is 4. The second kappa shape index (κ2) is 5.32. The number of hydrogen-bond acceptors (Lipinski definition) is 2. The molecule has 0 spiro atoms. The van der Waals surface area contributed by atoms with Gasteiger partial charge in [-0.05, 0) is 42.2 Å². The van der Waals surface area contributed by atoms with Crippen LogP contribution in [-0.4, -0.2) is 10.7 Å². The molecule has 0 aliphatic heterocycles. The highest BCUT2D eigenvalue weighted by Crippen LogP contribution is 2.31. The fourth-order valence-electron chi connectivity index (χ4n) is 2.55. The molecule has 0 aliphatic carbocycles. The number of aryl methyl sites for hydroxylation is 1. The van der Waals surface area contributed by atoms with E-state index in [0.29, 0.717) is 0 Å². The van der Waals surface area contributed by atoms with Crippen LogP contribution >= 0.6 is 0 Å². The van der Waals surface area contributed by atoms with Crippen molar-refractivity contribution >= 4 is 10.8 Å². The van der Waals surface area contributed by atoms with Crippen LogP contribution < -0.4 is 5.73 Å². The summed E-state index contributed by atoms with van der Waals surface area (Å²) < 4.78 is 0. The molecule has 0 unspecified atom stereocenters. The normalized spacial score (nSPS) is 13.7. The van der Waals surface area contributed by atoms with Gasteiger partial charge in [0.1, 0.15) is 0 Å². The Morgan fingerprint density at radius 3 is 2.47 bits per heavy atom. The largest absolute Gasteiger partial charge is 0.388 e. The lowest BCUT2D eigenvalue weighted by Gasteiger charge is -2.28. The van der Waals surface area contributed by atoms with E-state index < -0.39 is 5.60 Å². The standard InChI is InChI=1S/C17H23NO/c1-4-7-14-13-9-6-5-8-12(13)10-11-15(14)16(18)17(2,3)19/h5-6,8-11,16,19H,4,7,18H2,1-3H3/t16-/m1/s1. The maximum Gasteiger partial charge on any atom is 0.0783 e. The molecule has 3 N–H and O–H groups in total. The Hall–Kier alpha value is -1.38. The van der Waals surface area contributed by atoms with E-state index in [1.54, 1.807) is 13.8 Å². The third-order valence-electron chi connectivity index (χ3n) is 3.67. The quantitative estimate of drug-likeness (QED) is 0.879. The maximum absolute atomic E-state index is 10.2. The van der Waals surface area contributed by atoms with Gasteiger partial charge in [0.2, 0.25) is 0 Å². The number of fused-ring (bicyclic) bond motifs is 1. The molecule has 0 heterocycles. The maximum atomic E-state index is 10.2. The van der Waals surface area contributed by atoms with E-state index in [-0.39, 0.29) is 6.04 Å². The fraction of sp³-hybridized carbons (Fsp3) is 0.412. The summed E-state index contributed by atoms with van der Waals surface area (Å²) in [6.45, 7) is 5.70. The second-order valence-electron chi connectivity index (χ2n) is 5.74. The molecule has 0 aliphatic rings. The van der Waals surface area contributed by atoms with E-state index in [2.05, 4.69) is 37.3 Å². The summed E-state index contributed by atoms with van der Waals surface area (Å²) in [7, 11) is 0. The van der Waals surface area contributed by atoms with Crippen molar-refractivity contribution in [2.45, 2.75) is 45.3 Å². The molecule has 0 saturated carbocycles. The van der Waals surface area contributed by atoms with E-state index in [1.807, 2.05) is 6.07 Å². The van der Waals surface area contributed by atoms with Crippen molar-refractivity contribution in [3.63, 3.8) is 0 Å². The number of nitrogens with two attached hydrogens (primary N) is 1. The highest BCUT2D eigenvalue weighted by molar-refractivity contribution is 5.87. The lowest BCUT2D eigenvalue weighted by atomic mass is 9.86. The fourth-order valence-corrected chi connectivity index (χ4v) is 2.55. The Bertz CT molecular complexity index is 569. The first-order valence-corrected chi connectivity index (χ1v) is 6.93. The van der Waals surface area contributed by atoms with Gasteiger partial charge < -0.3 is 10.8 Å². The third-order valence-corrected chi connectivity index (χ3v) is 3.67. The first kappa shape index (κ1) is 14.0. The van der Waals surface area contributed by atoms with E-state index in [1.165, 1.54) is 16.3 Å². The second-order valence-corrected chi connectivity index (χ2v) is 5.74. The van der Waals surface area contributed by atoms with Gasteiger partial charge in [-0.3, -0.25) is 0 Å². The van der Waals surface area contributed by atoms with Crippen LogP contribution in [0.4, 0.5) is 0 Å². The van der Waals surface area contributed by atoms with Crippen molar-refractivity contribution in [3.8, 4) is 0 Å². The first-order valence-electron chi connectivity index (χ1n) is 6.93. The van der Waals surface area contributed by atoms with Gasteiger partial charge in [0, 0.05) is 0 Å². The Balaban J connectivity index is 2.64. The molecule has 0 bridgehead atoms. The van der Waals surface area contributed by atoms with Crippen LogP contribution in [0, 0.1) is 0 Å². The molecule has 2 aromatic carbocycles. The third kappa shape index (κ3) is 2.80. The predicted octanol–water partition coefficient (Wildman–Crippen LogP) is 3.56. The zero-order chi connectivity index (χ0) is 14.0. The predicted molar refractivity (Wildman–Crippen MR) is 81.2 cm³/mol. The minimum Gasteiger partial charge on any atom is -0.388 e. The van der Waals surface area contributed by atoms with Crippen LogP contribution in [-0.2, 0) is 6.42 Å². The van der Waals surface area contributed by atoms with Gasteiger partial charge in [-0.15, -0.1) is 0 Å². The highest BCUT2D eigenvalue weighted by atomic mass is 16.3. The van der Waals surface area contributed by atoms with E-state index in [4.69, 9.17) is 5.73 Å². The molecule has 0 aromatic heterocycles. The average Bonchev–Trinajstić information content (AvgIpc) is 2.37. The Morgan fingerprint density at radius 2 is 1.84 bits per heavy atom. The van der Waals surface area contributed by atoms with Crippen molar-refractivity contribution < 1.29 is 5.11 Å². The van der Waals surface area contributed by atoms with Crippen molar-refractivity contribution in [2.24, 2.45) is 5.73 Å². The summed E-state index contributed by atoms with van der Waals surface area (Å²) in [5.41, 5.74) is 7.67. The van der Waals surface area contributed by atoms with Gasteiger partial charge in [0.15, 0.2) is 0 Å². The van der Waals surface area contributed by atoms with Crippen LogP contribution in [0.1, 0.15) is 44.4 Å². The van der Waals surface area contributed by atoms with Crippen LogP contribution in [0.2, 0.25) is 0 Å². The molecule has 102 valence electrons. The Kier molecular flexibility index (Phi) is 3.93. The monoisotopic (exact) mass is 257 g/mol. The van der Waals surface area contributed by atoms with Crippen molar-refractivity contribution in [3.05, 3.63) is 47.5 Å². The molecule has 0 saturated heterocycles. The van der Waals surface area contributed by atoms with Crippen LogP contribution in [0.15, 0.2) is 36.4 Å². The molecule has 0 amide bonds. The van der Waals surface area contributed by atoms with E-state index >= 15 is 0 Å². The van der Waals surface area contributed by atoms with Gasteiger partial charge in [-0.25, -0.2) is 0 Å². The van der Waals surface area contributed by atoms with Crippen LogP contribution in [0.5, 0.6) is 0 Å². The highest BCUT2D eigenvalue weighted by Gasteiger charge is 2.26. The van der Waals surface area contributed by atoms with Crippen LogP contribution in [0.25, 0.3) is 10.8 Å². The Labute approximate surface area is 115 Å². The summed E-state index contributed by atoms with van der Waals surface area (Å²) in [5.74, 6) is 0. The smallest absolute Gasteiger partial charge is 0.0783 e. The lowest BCUT2D eigenvalue weighted by Crippen LogP contribution is -2.35. The van der Waals surface area contributed by atoms with Crippen LogP contribution in [0.3, 0.4) is 0 Å². The molecule has 2 rings (SSSR count). The number of aliphatic hydroxyl groups is 1. The summed E-state index contributed by atoms with van der Waals surface area (Å²) in [4.78, 5) is 0. The van der Waals surface area contributed by atoms with Gasteiger partial charge in [-0.2, -0.15) is 0 Å². The van der Waals surface area contributed by atoms with Gasteiger partial charge in [0.05, 0.1) is 11.6 Å². The zero-order valence-corrected chi connectivity index (χ0v) is 12.0. The topological polar surface area (TPSA) is 46.2 Å². The number of benzene rings is 2. The SMILES string of the molecule is CCCc1c([C@@H](N)C(C)(C)O)ccc2ccccc12. The minimum absolute atomic E-state index is 0.362. The molecule has 2 nitrogen and oxygen atoms in total. The summed E-state index contributed by atoms with van der Waals surface area (Å²) in [6, 6.07) is 12.2. The molecule has 1 atom stereocenters. The van der Waals surface area contributed by atoms with Gasteiger partial charge in [-0.1, -0.05) is 49.7 Å². The first-order chi connectivity index (χ1) is 8.95. The molecule has 2 heteroatoms. The van der Waals surface area contributed by atoms with E-state index in [9.17, 15) is 5.11 Å². The summed E-state index contributed by atoms with van der Waals surface area (Å²) in [5, 5.41) is 12.7. The van der Waals surface area contributed by atoms with Crippen molar-refractivity contribution in [1.29, 1.82) is 0 Å². The molecular weight excluding hydrogens is 234 g/mol. The average molecular weight is 257 g/mol. The number of hydrogen-bond donors (Lipinski definition) is 2. The minimum atomic E-state index is -0.912. The van der Waals surface area contributed by atoms with Gasteiger partial charge in [0.25, 0.3) is 0 Å². The van der Waals surface area contributed by atoms with E-state index in [0.717, 1.165) is 18.4 Å². The molecule has 0 fully saturated rings. The van der Waals surface area contributed by atoms with Crippen molar-refractivity contribution in [1.82, 2.24) is 0 Å². The lowest BCUT2D eigenvalue weighted by molar-refractivity contribution is 0.0515. The molecule has 19 heavy (non-hydrogen) atoms. The molecule has 2 aromatic rings. The zero-order valence-electron chi connectivity index (χ0n) is 12.0. The summed E-state index contributed by atoms with van der Waals surface area (Å²) >= 11 is 0. The van der Waals surface area contributed by atoms with Crippen molar-refractivity contribution in [2.75, 3.05) is 0 Å². The molecular formula is C17H23NO. The van der Waals surface area contributed by atoms with Gasteiger partial charge >= 0.3 is 0 Å².